The molecule has 0 N–H and O–H groups in total. The van der Waals surface area contributed by atoms with Crippen molar-refractivity contribution in [1.82, 2.24) is 4.57 Å². The van der Waals surface area contributed by atoms with Gasteiger partial charge in [-0.1, -0.05) is 143 Å². The van der Waals surface area contributed by atoms with E-state index in [-0.39, 0.29) is 5.41 Å². The highest BCUT2D eigenvalue weighted by molar-refractivity contribution is 6.14. The molecule has 2 heteroatoms. The normalized spacial score (nSPS) is 13.9. The number of rotatable bonds is 7. The van der Waals surface area contributed by atoms with Crippen LogP contribution in [0.3, 0.4) is 0 Å². The summed E-state index contributed by atoms with van der Waals surface area (Å²) in [6, 6.07) is 52.1. The van der Waals surface area contributed by atoms with Crippen LogP contribution in [-0.4, -0.2) is 10.3 Å². The van der Waals surface area contributed by atoms with E-state index in [4.69, 9.17) is 4.99 Å². The molecular weight excluding hydrogens is 581 g/mol. The van der Waals surface area contributed by atoms with Crippen LogP contribution in [0.2, 0.25) is 0 Å². The largest absolute Gasteiger partial charge is 0.309 e. The average Bonchev–Trinajstić information content (AvgIpc) is 3.58. The van der Waals surface area contributed by atoms with E-state index in [0.717, 1.165) is 34.6 Å². The molecule has 0 saturated carbocycles. The summed E-state index contributed by atoms with van der Waals surface area (Å²) < 4.78 is 2.41. The van der Waals surface area contributed by atoms with Crippen LogP contribution in [0.5, 0.6) is 0 Å². The fraction of sp³-hybridized carbons (Fsp3) is 0.109. The van der Waals surface area contributed by atoms with E-state index < -0.39 is 0 Å². The summed E-state index contributed by atoms with van der Waals surface area (Å²) in [5.74, 6) is 0. The third-order valence-corrected chi connectivity index (χ3v) is 9.97. The first-order valence-corrected chi connectivity index (χ1v) is 16.8. The first-order valence-electron chi connectivity index (χ1n) is 16.8. The summed E-state index contributed by atoms with van der Waals surface area (Å²) in [5.41, 5.74) is 15.0. The first-order chi connectivity index (χ1) is 23.4. The lowest BCUT2D eigenvalue weighted by molar-refractivity contribution is 0.661. The van der Waals surface area contributed by atoms with Gasteiger partial charge in [0.2, 0.25) is 0 Å². The van der Waals surface area contributed by atoms with Gasteiger partial charge in [-0.25, -0.2) is 4.99 Å². The number of benzene rings is 6. The highest BCUT2D eigenvalue weighted by Gasteiger charge is 2.36. The molecule has 0 fully saturated rings. The van der Waals surface area contributed by atoms with Crippen molar-refractivity contribution in [2.45, 2.75) is 32.6 Å². The molecular formula is C46H38N2. The molecule has 48 heavy (non-hydrogen) atoms. The third kappa shape index (κ3) is 4.93. The number of fused-ring (bicyclic) bond motifs is 6. The van der Waals surface area contributed by atoms with Gasteiger partial charge in [-0.15, -0.1) is 0 Å². The molecule has 232 valence electrons. The minimum absolute atomic E-state index is 0.0787. The number of nitrogens with zero attached hydrogens (tertiary/aromatic N) is 2. The van der Waals surface area contributed by atoms with Gasteiger partial charge in [0.05, 0.1) is 22.4 Å². The number of allylic oxidation sites excluding steroid dienone is 2. The third-order valence-electron chi connectivity index (χ3n) is 9.97. The van der Waals surface area contributed by atoms with Crippen molar-refractivity contribution in [2.24, 2.45) is 4.99 Å². The van der Waals surface area contributed by atoms with Gasteiger partial charge >= 0.3 is 0 Å². The van der Waals surface area contributed by atoms with Crippen molar-refractivity contribution in [3.63, 3.8) is 0 Å². The van der Waals surface area contributed by atoms with Crippen LogP contribution in [0.15, 0.2) is 163 Å². The molecule has 1 aliphatic rings. The summed E-state index contributed by atoms with van der Waals surface area (Å²) in [6.07, 6.45) is 3.12. The standard InChI is InChI=1S/C46H38N2/c1-5-32(33-17-8-6-9-18-33)28-43(34-19-10-7-11-20-34)47-31(2)35-21-16-22-36(27-35)48-44-26-15-13-24-38(44)40-29-39-37-23-12-14-25-41(37)46(3,4)42(39)30-45(40)48/h6-30H,2,5H2,1,3-4H3/b32-28+,47-43?. The minimum Gasteiger partial charge on any atom is -0.309 e. The molecule has 7 aromatic rings. The quantitative estimate of drug-likeness (QED) is 0.158. The van der Waals surface area contributed by atoms with Crippen LogP contribution in [0, 0.1) is 0 Å². The molecule has 1 aliphatic carbocycles. The Hall–Kier alpha value is -5.73. The van der Waals surface area contributed by atoms with Crippen molar-refractivity contribution in [1.29, 1.82) is 0 Å². The molecule has 1 heterocycles. The number of hydrogen-bond donors (Lipinski definition) is 0. The smallest absolute Gasteiger partial charge is 0.0712 e. The molecule has 0 saturated heterocycles. The molecule has 0 radical (unpaired) electrons. The van der Waals surface area contributed by atoms with E-state index in [9.17, 15) is 0 Å². The molecule has 0 bridgehead atoms. The van der Waals surface area contributed by atoms with Gasteiger partial charge in [0.15, 0.2) is 0 Å². The molecule has 0 unspecified atom stereocenters. The van der Waals surface area contributed by atoms with E-state index in [2.05, 4.69) is 178 Å². The second-order valence-corrected chi connectivity index (χ2v) is 13.2. The van der Waals surface area contributed by atoms with Gasteiger partial charge in [-0.05, 0) is 76.2 Å². The van der Waals surface area contributed by atoms with Gasteiger partial charge in [0.25, 0.3) is 0 Å². The highest BCUT2D eigenvalue weighted by atomic mass is 15.0. The Labute approximate surface area is 283 Å². The van der Waals surface area contributed by atoms with E-state index in [1.807, 2.05) is 6.07 Å². The summed E-state index contributed by atoms with van der Waals surface area (Å²) in [5, 5.41) is 2.52. The number of aromatic nitrogens is 1. The van der Waals surface area contributed by atoms with Crippen molar-refractivity contribution in [2.75, 3.05) is 0 Å². The fourth-order valence-corrected chi connectivity index (χ4v) is 7.47. The van der Waals surface area contributed by atoms with Crippen molar-refractivity contribution >= 4 is 38.8 Å². The topological polar surface area (TPSA) is 17.3 Å². The molecule has 6 aromatic carbocycles. The number of hydrogen-bond acceptors (Lipinski definition) is 1. The zero-order chi connectivity index (χ0) is 32.8. The van der Waals surface area contributed by atoms with Gasteiger partial charge < -0.3 is 4.57 Å². The fourth-order valence-electron chi connectivity index (χ4n) is 7.47. The maximum absolute atomic E-state index is 5.20. The van der Waals surface area contributed by atoms with Gasteiger partial charge in [-0.2, -0.15) is 0 Å². The molecule has 2 nitrogen and oxygen atoms in total. The summed E-state index contributed by atoms with van der Waals surface area (Å²) >= 11 is 0. The Morgan fingerprint density at radius 1 is 0.625 bits per heavy atom. The zero-order valence-corrected chi connectivity index (χ0v) is 27.7. The molecule has 8 rings (SSSR count). The van der Waals surface area contributed by atoms with Crippen LogP contribution < -0.4 is 0 Å². The average molecular weight is 619 g/mol. The lowest BCUT2D eigenvalue weighted by atomic mass is 9.82. The van der Waals surface area contributed by atoms with Crippen LogP contribution in [0.1, 0.15) is 55.0 Å². The number of para-hydroxylation sites is 1. The molecule has 1 aromatic heterocycles. The summed E-state index contributed by atoms with van der Waals surface area (Å²) in [7, 11) is 0. The van der Waals surface area contributed by atoms with E-state index in [0.29, 0.717) is 0 Å². The zero-order valence-electron chi connectivity index (χ0n) is 27.7. The van der Waals surface area contributed by atoms with Crippen molar-refractivity contribution in [3.8, 4) is 16.8 Å². The van der Waals surface area contributed by atoms with Gasteiger partial charge in [-0.3, -0.25) is 0 Å². The second-order valence-electron chi connectivity index (χ2n) is 13.2. The molecule has 0 spiro atoms. The molecule has 0 amide bonds. The maximum Gasteiger partial charge on any atom is 0.0712 e. The second kappa shape index (κ2) is 11.8. The maximum atomic E-state index is 5.20. The first kappa shape index (κ1) is 29.7. The molecule has 0 atom stereocenters. The lowest BCUT2D eigenvalue weighted by Crippen LogP contribution is -2.14. The van der Waals surface area contributed by atoms with Crippen LogP contribution in [-0.2, 0) is 5.41 Å². The van der Waals surface area contributed by atoms with Crippen molar-refractivity contribution in [3.05, 3.63) is 186 Å². The van der Waals surface area contributed by atoms with E-state index in [1.165, 1.54) is 55.2 Å². The molecule has 0 aliphatic heterocycles. The van der Waals surface area contributed by atoms with Crippen LogP contribution >= 0.6 is 0 Å². The van der Waals surface area contributed by atoms with Crippen LogP contribution in [0.25, 0.3) is 49.9 Å². The van der Waals surface area contributed by atoms with Gasteiger partial charge in [0.1, 0.15) is 0 Å². The van der Waals surface area contributed by atoms with Gasteiger partial charge in [0, 0.05) is 33.0 Å². The van der Waals surface area contributed by atoms with Crippen molar-refractivity contribution < 1.29 is 0 Å². The Morgan fingerprint density at radius 2 is 1.29 bits per heavy atom. The van der Waals surface area contributed by atoms with Crippen LogP contribution in [0.4, 0.5) is 0 Å². The predicted octanol–water partition coefficient (Wildman–Crippen LogP) is 12.0. The minimum atomic E-state index is -0.0787. The predicted molar refractivity (Wildman–Crippen MR) is 205 cm³/mol. The lowest BCUT2D eigenvalue weighted by Gasteiger charge is -2.21. The summed E-state index contributed by atoms with van der Waals surface area (Å²) in [4.78, 5) is 5.20. The highest BCUT2D eigenvalue weighted by Crippen LogP contribution is 2.51. The van der Waals surface area contributed by atoms with E-state index >= 15 is 0 Å². The summed E-state index contributed by atoms with van der Waals surface area (Å²) in [6.45, 7) is 11.4. The Morgan fingerprint density at radius 3 is 2.06 bits per heavy atom. The number of aliphatic imine (C=N–C) groups is 1. The monoisotopic (exact) mass is 618 g/mol. The van der Waals surface area contributed by atoms with E-state index in [1.54, 1.807) is 0 Å². The Bertz CT molecular complexity index is 2400. The Kier molecular flexibility index (Phi) is 7.30. The Balaban J connectivity index is 1.27. The SMILES string of the molecule is C=C(N=C(/C=C(\CC)c1ccccc1)c1ccccc1)c1cccc(-n2c3ccccc3c3cc4c(cc32)C(C)(C)c2ccccc2-4)c1.